The first-order valence-electron chi connectivity index (χ1n) is 9.82. The zero-order valence-corrected chi connectivity index (χ0v) is 17.9. The molecule has 0 aliphatic carbocycles. The molecule has 7 nitrogen and oxygen atoms in total. The van der Waals surface area contributed by atoms with E-state index in [0.717, 1.165) is 4.90 Å². The molecule has 1 aliphatic rings. The second-order valence-electron chi connectivity index (χ2n) is 6.96. The fourth-order valence-electron chi connectivity index (χ4n) is 3.32. The van der Waals surface area contributed by atoms with Gasteiger partial charge in [-0.15, -0.1) is 0 Å². The lowest BCUT2D eigenvalue weighted by atomic mass is 9.97. The predicted molar refractivity (Wildman–Crippen MR) is 113 cm³/mol. The van der Waals surface area contributed by atoms with Crippen LogP contribution in [0.3, 0.4) is 0 Å². The Morgan fingerprint density at radius 2 is 1.71 bits per heavy atom. The van der Waals surface area contributed by atoms with Gasteiger partial charge in [-0.3, -0.25) is 9.59 Å². The van der Waals surface area contributed by atoms with Crippen molar-refractivity contribution < 1.29 is 23.9 Å². The van der Waals surface area contributed by atoms with Gasteiger partial charge in [-0.05, 0) is 37.1 Å². The summed E-state index contributed by atoms with van der Waals surface area (Å²) in [4.78, 5) is 39.6. The number of hydrogen-bond donors (Lipinski definition) is 0. The molecular weight excluding hydrogens is 416 g/mol. The molecule has 3 rings (SSSR count). The van der Waals surface area contributed by atoms with E-state index in [-0.39, 0.29) is 24.4 Å². The van der Waals surface area contributed by atoms with Crippen LogP contribution < -0.4 is 0 Å². The number of benzene rings is 2. The van der Waals surface area contributed by atoms with E-state index in [1.165, 1.54) is 18.9 Å². The molecular formula is C23H22N2O5S. The van der Waals surface area contributed by atoms with Crippen molar-refractivity contribution in [2.45, 2.75) is 22.6 Å². The molecule has 1 fully saturated rings. The molecule has 0 atom stereocenters. The third-order valence-corrected chi connectivity index (χ3v) is 6.20. The SMILES string of the molecule is COC(=O)C1CCN(C(=O)COC(=O)c2ccccc2Sc2ccccc2C#N)CC1. The van der Waals surface area contributed by atoms with E-state index in [0.29, 0.717) is 42.0 Å². The summed E-state index contributed by atoms with van der Waals surface area (Å²) in [7, 11) is 1.36. The van der Waals surface area contributed by atoms with Gasteiger partial charge in [0.25, 0.3) is 5.91 Å². The Hall–Kier alpha value is -3.31. The number of likely N-dealkylation sites (tertiary alicyclic amines) is 1. The van der Waals surface area contributed by atoms with Crippen LogP contribution in [0.1, 0.15) is 28.8 Å². The van der Waals surface area contributed by atoms with Gasteiger partial charge in [0.1, 0.15) is 6.07 Å². The van der Waals surface area contributed by atoms with Crippen LogP contribution in [0.25, 0.3) is 0 Å². The zero-order chi connectivity index (χ0) is 22.2. The van der Waals surface area contributed by atoms with Crippen LogP contribution in [0.4, 0.5) is 0 Å². The monoisotopic (exact) mass is 438 g/mol. The van der Waals surface area contributed by atoms with E-state index < -0.39 is 5.97 Å². The van der Waals surface area contributed by atoms with Gasteiger partial charge in [-0.25, -0.2) is 4.79 Å². The molecule has 1 heterocycles. The van der Waals surface area contributed by atoms with E-state index in [1.54, 1.807) is 41.3 Å². The molecule has 0 unspecified atom stereocenters. The average Bonchev–Trinajstić information content (AvgIpc) is 2.82. The summed E-state index contributed by atoms with van der Waals surface area (Å²) in [5.74, 6) is -1.35. The summed E-state index contributed by atoms with van der Waals surface area (Å²) < 4.78 is 10.0. The zero-order valence-electron chi connectivity index (χ0n) is 17.1. The number of piperidine rings is 1. The van der Waals surface area contributed by atoms with Crippen molar-refractivity contribution in [2.75, 3.05) is 26.8 Å². The lowest BCUT2D eigenvalue weighted by Crippen LogP contribution is -2.42. The summed E-state index contributed by atoms with van der Waals surface area (Å²) in [5.41, 5.74) is 0.846. The first kappa shape index (κ1) is 22.4. The highest BCUT2D eigenvalue weighted by Crippen LogP contribution is 2.32. The maximum absolute atomic E-state index is 12.6. The second-order valence-corrected chi connectivity index (χ2v) is 8.04. The van der Waals surface area contributed by atoms with E-state index in [9.17, 15) is 19.6 Å². The Bertz CT molecular complexity index is 1010. The summed E-state index contributed by atoms with van der Waals surface area (Å²) in [5, 5.41) is 9.28. The molecule has 0 radical (unpaired) electrons. The van der Waals surface area contributed by atoms with Crippen LogP contribution in [0, 0.1) is 17.2 Å². The van der Waals surface area contributed by atoms with Crippen molar-refractivity contribution in [2.24, 2.45) is 5.92 Å². The smallest absolute Gasteiger partial charge is 0.339 e. The number of nitriles is 1. The third-order valence-electron chi connectivity index (χ3n) is 5.04. The normalized spacial score (nSPS) is 13.9. The second kappa shape index (κ2) is 10.6. The van der Waals surface area contributed by atoms with Gasteiger partial charge in [0.15, 0.2) is 6.61 Å². The highest BCUT2D eigenvalue weighted by atomic mass is 32.2. The van der Waals surface area contributed by atoms with Crippen molar-refractivity contribution in [3.8, 4) is 6.07 Å². The van der Waals surface area contributed by atoms with Crippen molar-refractivity contribution in [3.63, 3.8) is 0 Å². The van der Waals surface area contributed by atoms with Crippen LogP contribution in [-0.2, 0) is 19.1 Å². The Morgan fingerprint density at radius 1 is 1.06 bits per heavy atom. The number of methoxy groups -OCH3 is 1. The van der Waals surface area contributed by atoms with Crippen LogP contribution >= 0.6 is 11.8 Å². The Balaban J connectivity index is 1.60. The Labute approximate surface area is 184 Å². The molecule has 0 saturated carbocycles. The van der Waals surface area contributed by atoms with Gasteiger partial charge >= 0.3 is 11.9 Å². The van der Waals surface area contributed by atoms with Crippen LogP contribution in [0.15, 0.2) is 58.3 Å². The molecule has 1 saturated heterocycles. The first-order chi connectivity index (χ1) is 15.0. The van der Waals surface area contributed by atoms with Crippen LogP contribution in [0.2, 0.25) is 0 Å². The van der Waals surface area contributed by atoms with E-state index in [2.05, 4.69) is 6.07 Å². The first-order valence-corrected chi connectivity index (χ1v) is 10.6. The molecule has 8 heteroatoms. The minimum atomic E-state index is -0.602. The van der Waals surface area contributed by atoms with E-state index >= 15 is 0 Å². The standard InChI is InChI=1S/C23H22N2O5S/c1-29-22(27)16-10-12-25(13-11-16)21(26)15-30-23(28)18-7-3-5-9-20(18)31-19-8-4-2-6-17(19)14-24/h2-9,16H,10-13,15H2,1H3. The summed E-state index contributed by atoms with van der Waals surface area (Å²) in [6, 6.07) is 16.2. The lowest BCUT2D eigenvalue weighted by Gasteiger charge is -2.30. The molecule has 0 aromatic heterocycles. The maximum Gasteiger partial charge on any atom is 0.339 e. The fraction of sp³-hybridized carbons (Fsp3) is 0.304. The van der Waals surface area contributed by atoms with Crippen LogP contribution in [0.5, 0.6) is 0 Å². The third kappa shape index (κ3) is 5.64. The van der Waals surface area contributed by atoms with Gasteiger partial charge < -0.3 is 14.4 Å². The maximum atomic E-state index is 12.6. The average molecular weight is 439 g/mol. The number of ether oxygens (including phenoxy) is 2. The van der Waals surface area contributed by atoms with E-state index in [4.69, 9.17) is 9.47 Å². The van der Waals surface area contributed by atoms with Gasteiger partial charge in [-0.2, -0.15) is 5.26 Å². The number of carbonyl (C=O) groups excluding carboxylic acids is 3. The largest absolute Gasteiger partial charge is 0.469 e. The van der Waals surface area contributed by atoms with Gasteiger partial charge in [0.05, 0.1) is 24.2 Å². The van der Waals surface area contributed by atoms with Gasteiger partial charge in [0, 0.05) is 22.9 Å². The molecule has 160 valence electrons. The predicted octanol–water partition coefficient (Wildman–Crippen LogP) is 3.28. The van der Waals surface area contributed by atoms with Gasteiger partial charge in [-0.1, -0.05) is 36.0 Å². The quantitative estimate of drug-likeness (QED) is 0.639. The molecule has 1 aliphatic heterocycles. The molecule has 2 aromatic carbocycles. The molecule has 1 amide bonds. The van der Waals surface area contributed by atoms with Crippen molar-refractivity contribution in [3.05, 3.63) is 59.7 Å². The molecule has 31 heavy (non-hydrogen) atoms. The molecule has 0 bridgehead atoms. The number of hydrogen-bond acceptors (Lipinski definition) is 7. The topological polar surface area (TPSA) is 96.7 Å². The number of amides is 1. The van der Waals surface area contributed by atoms with Crippen molar-refractivity contribution >= 4 is 29.6 Å². The summed E-state index contributed by atoms with van der Waals surface area (Å²) in [6.45, 7) is 0.483. The molecule has 0 spiro atoms. The highest BCUT2D eigenvalue weighted by molar-refractivity contribution is 7.99. The van der Waals surface area contributed by atoms with Crippen LogP contribution in [-0.4, -0.2) is 49.6 Å². The van der Waals surface area contributed by atoms with Crippen molar-refractivity contribution in [1.29, 1.82) is 5.26 Å². The minimum Gasteiger partial charge on any atom is -0.469 e. The van der Waals surface area contributed by atoms with E-state index in [1.807, 2.05) is 12.1 Å². The number of esters is 2. The Morgan fingerprint density at radius 3 is 2.39 bits per heavy atom. The molecule has 2 aromatic rings. The van der Waals surface area contributed by atoms with Gasteiger partial charge in [0.2, 0.25) is 0 Å². The fourth-order valence-corrected chi connectivity index (χ4v) is 4.33. The lowest BCUT2D eigenvalue weighted by molar-refractivity contribution is -0.149. The molecule has 0 N–H and O–H groups in total. The number of nitrogens with zero attached hydrogens (tertiary/aromatic N) is 2. The number of carbonyl (C=O) groups is 3. The summed E-state index contributed by atoms with van der Waals surface area (Å²) >= 11 is 1.30. The Kier molecular flexibility index (Phi) is 7.68. The van der Waals surface area contributed by atoms with Crippen molar-refractivity contribution in [1.82, 2.24) is 4.90 Å². The summed E-state index contributed by atoms with van der Waals surface area (Å²) in [6.07, 6.45) is 1.06. The minimum absolute atomic E-state index is 0.197. The number of rotatable bonds is 6. The highest BCUT2D eigenvalue weighted by Gasteiger charge is 2.28.